The van der Waals surface area contributed by atoms with Crippen molar-refractivity contribution in [1.82, 2.24) is 25.8 Å². The quantitative estimate of drug-likeness (QED) is 0.0996. The Bertz CT molecular complexity index is 2090. The number of carbonyl (C=O) groups is 6. The molecule has 3 aromatic carbocycles. The molecule has 4 amide bonds. The van der Waals surface area contributed by atoms with Crippen molar-refractivity contribution in [2.45, 2.75) is 70.3 Å². The van der Waals surface area contributed by atoms with E-state index in [1.165, 1.54) is 30.2 Å². The van der Waals surface area contributed by atoms with Gasteiger partial charge in [0.2, 0.25) is 29.4 Å². The molecule has 4 aromatic rings. The van der Waals surface area contributed by atoms with E-state index in [2.05, 4.69) is 20.9 Å². The molecule has 0 spiro atoms. The number of aromatic nitrogens is 1. The topological polar surface area (TPSA) is 217 Å². The number of halogens is 2. The first-order chi connectivity index (χ1) is 27.1. The lowest BCUT2D eigenvalue weighted by atomic mass is 10.00. The summed E-state index contributed by atoms with van der Waals surface area (Å²) in [4.78, 5) is 85.3. The van der Waals surface area contributed by atoms with Crippen molar-refractivity contribution in [1.29, 1.82) is 0 Å². The van der Waals surface area contributed by atoms with Crippen LogP contribution in [0, 0.1) is 5.92 Å². The summed E-state index contributed by atoms with van der Waals surface area (Å²) in [6.45, 7) is 4.54. The van der Waals surface area contributed by atoms with E-state index in [4.69, 9.17) is 32.4 Å². The van der Waals surface area contributed by atoms with E-state index < -0.39 is 83.9 Å². The van der Waals surface area contributed by atoms with E-state index in [9.17, 15) is 39.0 Å². The van der Waals surface area contributed by atoms with Gasteiger partial charge in [0.05, 0.1) is 34.8 Å². The first-order valence-electron chi connectivity index (χ1n) is 17.9. The molecular weight excluding hydrogens is 781 g/mol. The van der Waals surface area contributed by atoms with Gasteiger partial charge >= 0.3 is 5.97 Å². The smallest absolute Gasteiger partial charge is 0.305 e. The zero-order valence-electron chi connectivity index (χ0n) is 31.1. The van der Waals surface area contributed by atoms with Gasteiger partial charge in [-0.25, -0.2) is 4.98 Å². The van der Waals surface area contributed by atoms with E-state index in [1.54, 1.807) is 74.5 Å². The SMILES string of the molecule is CC(=O)N[C@@H](Cc1ccc(O)cc1)C(=O)N[C@H](C(=O)N1C[C@H](Oc2ccccc2)CC1C(=O)N[C@@H](CC(=O)O)C(=O)c1ncc(-c2c(Cl)cccc2Cl)o1)C(C)C. The average molecular weight is 823 g/mol. The van der Waals surface area contributed by atoms with E-state index >= 15 is 0 Å². The van der Waals surface area contributed by atoms with Crippen molar-refractivity contribution in [3.63, 3.8) is 0 Å². The molecule has 0 saturated carbocycles. The molecule has 5 N–H and O–H groups in total. The highest BCUT2D eigenvalue weighted by atomic mass is 35.5. The number of aromatic hydroxyl groups is 1. The molecule has 1 aliphatic heterocycles. The second-order valence-corrected chi connectivity index (χ2v) is 14.6. The fourth-order valence-corrected chi connectivity index (χ4v) is 6.96. The van der Waals surface area contributed by atoms with Gasteiger partial charge in [-0.3, -0.25) is 28.8 Å². The van der Waals surface area contributed by atoms with Crippen LogP contribution in [0.2, 0.25) is 10.0 Å². The molecule has 1 fully saturated rings. The van der Waals surface area contributed by atoms with E-state index in [1.807, 2.05) is 0 Å². The highest BCUT2D eigenvalue weighted by Crippen LogP contribution is 2.35. The number of likely N-dealkylation sites (tertiary alicyclic amines) is 1. The standard InChI is InChI=1S/C40H41Cl2N5O10/c1-21(2)35(46-37(53)30(44-22(3)48)16-23-12-14-24(49)15-13-23)40(55)47-20-26(56-25-8-5-4-6-9-25)17-31(47)38(54)45-29(18-33(50)51)36(52)39-43-19-32(57-39)34-27(41)10-7-11-28(34)42/h4-15,19,21,26,29-31,35,49H,16-18,20H2,1-3H3,(H,44,48)(H,45,54)(H,46,53)(H,50,51)/t26-,29+,30+,31?,35+/m1/s1. The molecule has 1 unspecified atom stereocenters. The lowest BCUT2D eigenvalue weighted by molar-refractivity contribution is -0.143. The van der Waals surface area contributed by atoms with Crippen molar-refractivity contribution in [3.05, 3.63) is 100 Å². The maximum Gasteiger partial charge on any atom is 0.305 e. The molecule has 1 saturated heterocycles. The summed E-state index contributed by atoms with van der Waals surface area (Å²) in [5.41, 5.74) is 0.886. The summed E-state index contributed by atoms with van der Waals surface area (Å²) in [6, 6.07) is 14.3. The number of ether oxygens (including phenoxy) is 1. The van der Waals surface area contributed by atoms with Gasteiger partial charge in [0.15, 0.2) is 5.76 Å². The summed E-state index contributed by atoms with van der Waals surface area (Å²) in [7, 11) is 0. The first kappa shape index (κ1) is 42.2. The Morgan fingerprint density at radius 2 is 1.58 bits per heavy atom. The van der Waals surface area contributed by atoms with Crippen LogP contribution < -0.4 is 20.7 Å². The number of carboxylic acid groups (broad SMARTS) is 1. The van der Waals surface area contributed by atoms with Crippen molar-refractivity contribution < 1.29 is 48.1 Å². The number of nitrogens with zero attached hydrogens (tertiary/aromatic N) is 2. The van der Waals surface area contributed by atoms with Gasteiger partial charge in [-0.1, -0.05) is 73.4 Å². The van der Waals surface area contributed by atoms with E-state index in [0.717, 1.165) is 0 Å². The van der Waals surface area contributed by atoms with Crippen molar-refractivity contribution in [2.75, 3.05) is 6.54 Å². The second kappa shape index (κ2) is 18.8. The van der Waals surface area contributed by atoms with Gasteiger partial charge < -0.3 is 40.2 Å². The third-order valence-corrected chi connectivity index (χ3v) is 9.76. The second-order valence-electron chi connectivity index (χ2n) is 13.8. The Hall–Kier alpha value is -5.93. The monoisotopic (exact) mass is 821 g/mol. The number of ketones is 1. The molecule has 2 heterocycles. The molecule has 17 heteroatoms. The van der Waals surface area contributed by atoms with Gasteiger partial charge in [-0.2, -0.15) is 0 Å². The number of phenols is 1. The van der Waals surface area contributed by atoms with Gasteiger partial charge in [0.25, 0.3) is 5.89 Å². The van der Waals surface area contributed by atoms with Crippen LogP contribution in [0.5, 0.6) is 11.5 Å². The maximum atomic E-state index is 14.4. The number of phenolic OH excluding ortho intramolecular Hbond substituents is 1. The number of benzene rings is 3. The Balaban J connectivity index is 1.40. The van der Waals surface area contributed by atoms with Crippen LogP contribution in [0.25, 0.3) is 11.3 Å². The fourth-order valence-electron chi connectivity index (χ4n) is 6.37. The number of aliphatic carboxylic acids is 1. The van der Waals surface area contributed by atoms with Gasteiger partial charge in [0, 0.05) is 19.8 Å². The summed E-state index contributed by atoms with van der Waals surface area (Å²) < 4.78 is 11.8. The number of oxazole rings is 1. The lowest BCUT2D eigenvalue weighted by Gasteiger charge is -2.31. The number of carboxylic acids is 1. The number of carbonyl (C=O) groups excluding carboxylic acids is 5. The minimum Gasteiger partial charge on any atom is -0.508 e. The zero-order chi connectivity index (χ0) is 41.4. The summed E-state index contributed by atoms with van der Waals surface area (Å²) in [5, 5.41) is 27.7. The molecule has 57 heavy (non-hydrogen) atoms. The Morgan fingerprint density at radius 3 is 2.19 bits per heavy atom. The van der Waals surface area contributed by atoms with Crippen LogP contribution in [0.3, 0.4) is 0 Å². The Kier molecular flexibility index (Phi) is 13.9. The normalized spacial score (nSPS) is 16.6. The molecule has 5 atom stereocenters. The lowest BCUT2D eigenvalue weighted by Crippen LogP contribution is -2.59. The molecule has 5 rings (SSSR count). The summed E-state index contributed by atoms with van der Waals surface area (Å²) >= 11 is 12.6. The average Bonchev–Trinajstić information content (AvgIpc) is 3.81. The molecule has 1 aromatic heterocycles. The Morgan fingerprint density at radius 1 is 0.912 bits per heavy atom. The number of rotatable bonds is 16. The molecule has 0 aliphatic carbocycles. The fraction of sp³-hybridized carbons (Fsp3) is 0.325. The number of hydrogen-bond donors (Lipinski definition) is 5. The van der Waals surface area contributed by atoms with Gasteiger partial charge in [0.1, 0.15) is 41.8 Å². The molecule has 0 radical (unpaired) electrons. The maximum absolute atomic E-state index is 14.4. The predicted octanol–water partition coefficient (Wildman–Crippen LogP) is 4.43. The molecule has 0 bridgehead atoms. The van der Waals surface area contributed by atoms with Gasteiger partial charge in [-0.05, 0) is 47.9 Å². The van der Waals surface area contributed by atoms with Crippen molar-refractivity contribution in [3.8, 4) is 22.8 Å². The third-order valence-electron chi connectivity index (χ3n) is 9.13. The molecule has 1 aliphatic rings. The van der Waals surface area contributed by atoms with Gasteiger partial charge in [-0.15, -0.1) is 0 Å². The van der Waals surface area contributed by atoms with E-state index in [-0.39, 0.29) is 46.5 Å². The minimum atomic E-state index is -1.67. The van der Waals surface area contributed by atoms with Crippen LogP contribution in [0.1, 0.15) is 49.9 Å². The molecule has 300 valence electrons. The summed E-state index contributed by atoms with van der Waals surface area (Å²) in [6.07, 6.45) is -0.382. The van der Waals surface area contributed by atoms with Crippen LogP contribution >= 0.6 is 23.2 Å². The zero-order valence-corrected chi connectivity index (χ0v) is 32.6. The Labute approximate surface area is 337 Å². The number of para-hydroxylation sites is 1. The van der Waals surface area contributed by atoms with Crippen LogP contribution in [-0.4, -0.2) is 92.3 Å². The number of nitrogens with one attached hydrogen (secondary N) is 3. The first-order valence-corrected chi connectivity index (χ1v) is 18.7. The molecular formula is C40H41Cl2N5O10. The number of Topliss-reactive ketones (excluding diaryl/α,β-unsaturated/α-hetero) is 1. The largest absolute Gasteiger partial charge is 0.508 e. The van der Waals surface area contributed by atoms with Crippen molar-refractivity contribution >= 4 is 58.6 Å². The summed E-state index contributed by atoms with van der Waals surface area (Å²) in [5.74, 6) is -5.55. The van der Waals surface area contributed by atoms with E-state index in [0.29, 0.717) is 11.3 Å². The highest BCUT2D eigenvalue weighted by Gasteiger charge is 2.45. The number of hydrogen-bond acceptors (Lipinski definition) is 10. The predicted molar refractivity (Wildman–Crippen MR) is 208 cm³/mol. The highest BCUT2D eigenvalue weighted by molar-refractivity contribution is 6.39. The third kappa shape index (κ3) is 10.9. The molecule has 15 nitrogen and oxygen atoms in total. The number of amides is 4. The van der Waals surface area contributed by atoms with Crippen LogP contribution in [0.15, 0.2) is 83.4 Å². The van der Waals surface area contributed by atoms with Crippen LogP contribution in [-0.2, 0) is 30.4 Å². The van der Waals surface area contributed by atoms with Crippen molar-refractivity contribution in [2.24, 2.45) is 5.92 Å². The van der Waals surface area contributed by atoms with Crippen LogP contribution in [0.4, 0.5) is 0 Å². The minimum absolute atomic E-state index is 0.0210.